The zero-order chi connectivity index (χ0) is 32.9. The van der Waals surface area contributed by atoms with Crippen LogP contribution >= 0.6 is 0 Å². The number of anilines is 1. The van der Waals surface area contributed by atoms with E-state index in [0.29, 0.717) is 6.42 Å². The van der Waals surface area contributed by atoms with E-state index in [4.69, 9.17) is 4.74 Å². The van der Waals surface area contributed by atoms with Crippen molar-refractivity contribution in [3.8, 4) is 0 Å². The van der Waals surface area contributed by atoms with E-state index in [-0.39, 0.29) is 55.2 Å². The Labute approximate surface area is 253 Å². The molecule has 242 valence electrons. The summed E-state index contributed by atoms with van der Waals surface area (Å²) in [5.74, 6) is -0.593. The second kappa shape index (κ2) is 16.5. The van der Waals surface area contributed by atoms with Crippen molar-refractivity contribution in [1.82, 2.24) is 24.9 Å². The molecular formula is C29H39F4N7O4. The number of unbranched alkanes of at least 4 members (excludes halogenated alkanes) is 1. The SMILES string of the molecule is CCC/C=N/N(/C=C(\C)C(=O)NCc1cc(C(F)(F)F)ccn1)CC(F)CCn1ccc(NC(=O)OCC(C)(C)C)nc1=O. The average Bonchev–Trinajstić information content (AvgIpc) is 2.93. The number of pyridine rings is 1. The molecule has 0 radical (unpaired) electrons. The first-order valence-corrected chi connectivity index (χ1v) is 14.0. The van der Waals surface area contributed by atoms with Crippen LogP contribution in [0.15, 0.2) is 52.3 Å². The molecule has 0 bridgehead atoms. The molecular weight excluding hydrogens is 586 g/mol. The van der Waals surface area contributed by atoms with E-state index >= 15 is 4.39 Å². The summed E-state index contributed by atoms with van der Waals surface area (Å²) in [5, 5.41) is 10.4. The standard InChI is InChI=1S/C29H39F4N7O4/c1-6-7-11-36-40(17-20(2)25(41)35-16-23-15-21(8-12-34-23)29(31,32)33)18-22(30)9-13-39-14-10-24(37-26(39)42)38-27(43)44-19-28(3,4)5/h8,10-12,14-15,17,22H,6-7,9,13,16,18-19H2,1-5H3,(H,35,41)(H,37,38,42,43)/b20-17+,36-11+. The third kappa shape index (κ3) is 13.3. The van der Waals surface area contributed by atoms with Crippen LogP contribution in [0.3, 0.4) is 0 Å². The van der Waals surface area contributed by atoms with E-state index in [1.807, 2.05) is 27.7 Å². The fourth-order valence-corrected chi connectivity index (χ4v) is 3.43. The summed E-state index contributed by atoms with van der Waals surface area (Å²) < 4.78 is 60.1. The van der Waals surface area contributed by atoms with E-state index in [1.165, 1.54) is 35.0 Å². The third-order valence-corrected chi connectivity index (χ3v) is 5.73. The highest BCUT2D eigenvalue weighted by Gasteiger charge is 2.30. The van der Waals surface area contributed by atoms with E-state index < -0.39 is 35.6 Å². The molecule has 0 spiro atoms. The number of ether oxygens (including phenoxy) is 1. The van der Waals surface area contributed by atoms with Gasteiger partial charge in [0.25, 0.3) is 0 Å². The van der Waals surface area contributed by atoms with Gasteiger partial charge in [-0.1, -0.05) is 34.1 Å². The van der Waals surface area contributed by atoms with Crippen LogP contribution in [0.4, 0.5) is 28.2 Å². The van der Waals surface area contributed by atoms with Crippen LogP contribution in [0.1, 0.15) is 65.1 Å². The molecule has 2 heterocycles. The summed E-state index contributed by atoms with van der Waals surface area (Å²) in [5.41, 5.74) is -1.64. The molecule has 0 fully saturated rings. The lowest BCUT2D eigenvalue weighted by atomic mass is 9.99. The molecule has 2 aromatic rings. The van der Waals surface area contributed by atoms with Crippen molar-refractivity contribution in [3.63, 3.8) is 0 Å². The van der Waals surface area contributed by atoms with Crippen molar-refractivity contribution in [2.75, 3.05) is 18.5 Å². The minimum Gasteiger partial charge on any atom is -0.449 e. The van der Waals surface area contributed by atoms with E-state index in [1.54, 1.807) is 6.21 Å². The van der Waals surface area contributed by atoms with Crippen molar-refractivity contribution in [3.05, 3.63) is 64.1 Å². The van der Waals surface area contributed by atoms with Crippen LogP contribution in [0.25, 0.3) is 0 Å². The maximum atomic E-state index is 15.0. The van der Waals surface area contributed by atoms with Crippen LogP contribution in [-0.4, -0.2) is 57.1 Å². The Morgan fingerprint density at radius 3 is 2.59 bits per heavy atom. The van der Waals surface area contributed by atoms with E-state index in [0.717, 1.165) is 24.8 Å². The molecule has 2 aromatic heterocycles. The Bertz CT molecular complexity index is 1370. The molecule has 2 N–H and O–H groups in total. The number of hydrogen-bond donors (Lipinski definition) is 2. The number of carbonyl (C=O) groups is 2. The van der Waals surface area contributed by atoms with Crippen molar-refractivity contribution in [2.24, 2.45) is 10.5 Å². The highest BCUT2D eigenvalue weighted by atomic mass is 19.4. The molecule has 0 saturated heterocycles. The Morgan fingerprint density at radius 1 is 1.23 bits per heavy atom. The summed E-state index contributed by atoms with van der Waals surface area (Å²) in [6.45, 7) is 8.77. The molecule has 44 heavy (non-hydrogen) atoms. The second-order valence-corrected chi connectivity index (χ2v) is 11.2. The number of rotatable bonds is 14. The number of carbonyl (C=O) groups excluding carboxylic acids is 2. The molecule has 1 atom stereocenters. The summed E-state index contributed by atoms with van der Waals surface area (Å²) >= 11 is 0. The molecule has 11 nitrogen and oxygen atoms in total. The molecule has 0 saturated carbocycles. The van der Waals surface area contributed by atoms with E-state index in [9.17, 15) is 27.6 Å². The summed E-state index contributed by atoms with van der Waals surface area (Å²) in [6, 6.07) is 3.08. The number of nitrogens with one attached hydrogen (secondary N) is 2. The minimum atomic E-state index is -4.54. The lowest BCUT2D eigenvalue weighted by molar-refractivity contribution is -0.137. The van der Waals surface area contributed by atoms with Gasteiger partial charge in [-0.05, 0) is 43.4 Å². The summed E-state index contributed by atoms with van der Waals surface area (Å²) in [6.07, 6.45) is -0.128. The Hall–Kier alpha value is -4.30. The third-order valence-electron chi connectivity index (χ3n) is 5.73. The van der Waals surface area contributed by atoms with Crippen molar-refractivity contribution in [1.29, 1.82) is 0 Å². The lowest BCUT2D eigenvalue weighted by Gasteiger charge is -2.19. The van der Waals surface area contributed by atoms with Gasteiger partial charge in [0.15, 0.2) is 0 Å². The second-order valence-electron chi connectivity index (χ2n) is 11.2. The van der Waals surface area contributed by atoms with Gasteiger partial charge >= 0.3 is 18.0 Å². The van der Waals surface area contributed by atoms with Crippen LogP contribution in [0.2, 0.25) is 0 Å². The normalized spacial score (nSPS) is 13.1. The van der Waals surface area contributed by atoms with Gasteiger partial charge in [0.2, 0.25) is 5.91 Å². The molecule has 15 heteroatoms. The largest absolute Gasteiger partial charge is 0.449 e. The van der Waals surface area contributed by atoms with Crippen molar-refractivity contribution >= 4 is 24.0 Å². The maximum Gasteiger partial charge on any atom is 0.416 e. The molecule has 0 aliphatic heterocycles. The van der Waals surface area contributed by atoms with Crippen LogP contribution in [-0.2, 0) is 28.8 Å². The zero-order valence-corrected chi connectivity index (χ0v) is 25.4. The number of nitrogens with zero attached hydrogens (tertiary/aromatic N) is 5. The highest BCUT2D eigenvalue weighted by molar-refractivity contribution is 5.92. The van der Waals surface area contributed by atoms with Crippen LogP contribution in [0.5, 0.6) is 0 Å². The van der Waals surface area contributed by atoms with Gasteiger partial charge in [-0.2, -0.15) is 23.3 Å². The quantitative estimate of drug-likeness (QED) is 0.126. The van der Waals surface area contributed by atoms with Gasteiger partial charge in [0, 0.05) is 36.9 Å². The summed E-state index contributed by atoms with van der Waals surface area (Å²) in [4.78, 5) is 44.5. The van der Waals surface area contributed by atoms with Crippen LogP contribution in [0, 0.1) is 5.41 Å². The number of aromatic nitrogens is 3. The monoisotopic (exact) mass is 625 g/mol. The van der Waals surface area contributed by atoms with Gasteiger partial charge in [0.1, 0.15) is 12.0 Å². The van der Waals surface area contributed by atoms with Gasteiger partial charge in [-0.3, -0.25) is 24.7 Å². The predicted molar refractivity (Wildman–Crippen MR) is 157 cm³/mol. The van der Waals surface area contributed by atoms with Gasteiger partial charge in [0.05, 0.1) is 31.0 Å². The predicted octanol–water partition coefficient (Wildman–Crippen LogP) is 5.29. The van der Waals surface area contributed by atoms with Crippen molar-refractivity contribution < 1.29 is 31.9 Å². The number of aryl methyl sites for hydroxylation is 1. The fraction of sp³-hybridized carbons (Fsp3) is 0.517. The molecule has 0 aliphatic rings. The first-order valence-electron chi connectivity index (χ1n) is 14.0. The number of hydrazone groups is 1. The topological polar surface area (TPSA) is 131 Å². The summed E-state index contributed by atoms with van der Waals surface area (Å²) in [7, 11) is 0. The van der Waals surface area contributed by atoms with Crippen LogP contribution < -0.4 is 16.3 Å². The molecule has 2 amide bonds. The zero-order valence-electron chi connectivity index (χ0n) is 25.4. The van der Waals surface area contributed by atoms with Gasteiger partial charge < -0.3 is 10.1 Å². The molecule has 2 rings (SSSR count). The number of halogens is 4. The fourth-order valence-electron chi connectivity index (χ4n) is 3.43. The Morgan fingerprint density at radius 2 is 1.95 bits per heavy atom. The average molecular weight is 626 g/mol. The number of alkyl halides is 4. The molecule has 0 aliphatic carbocycles. The van der Waals surface area contributed by atoms with Gasteiger partial charge in [-0.25, -0.2) is 14.0 Å². The maximum absolute atomic E-state index is 15.0. The number of amides is 2. The lowest BCUT2D eigenvalue weighted by Crippen LogP contribution is -2.29. The smallest absolute Gasteiger partial charge is 0.416 e. The molecule has 1 unspecified atom stereocenters. The van der Waals surface area contributed by atoms with Gasteiger partial charge in [-0.15, -0.1) is 0 Å². The Balaban J connectivity index is 1.98. The van der Waals surface area contributed by atoms with Crippen molar-refractivity contribution in [2.45, 2.75) is 79.3 Å². The first-order chi connectivity index (χ1) is 20.6. The first kappa shape index (κ1) is 35.9. The highest BCUT2D eigenvalue weighted by Crippen LogP contribution is 2.29. The Kier molecular flexibility index (Phi) is 13.5. The van der Waals surface area contributed by atoms with E-state index in [2.05, 4.69) is 25.7 Å². The minimum absolute atomic E-state index is 0.00104. The number of hydrogen-bond acceptors (Lipinski definition) is 8. The molecule has 0 aromatic carbocycles.